The van der Waals surface area contributed by atoms with Gasteiger partial charge >= 0.3 is 0 Å². The lowest BCUT2D eigenvalue weighted by Crippen LogP contribution is -2.54. The summed E-state index contributed by atoms with van der Waals surface area (Å²) in [7, 11) is 3.79. The van der Waals surface area contributed by atoms with Crippen LogP contribution in [0.4, 0.5) is 5.82 Å². The number of ether oxygens (including phenoxy) is 3. The highest BCUT2D eigenvalue weighted by Crippen LogP contribution is 2.34. The van der Waals surface area contributed by atoms with Gasteiger partial charge in [-0.05, 0) is 31.9 Å². The molecule has 1 saturated heterocycles. The number of carbonyl (C=O) groups excluding carboxylic acids is 1. The third-order valence-electron chi connectivity index (χ3n) is 5.12. The van der Waals surface area contributed by atoms with Crippen LogP contribution in [0.1, 0.15) is 19.8 Å². The van der Waals surface area contributed by atoms with E-state index in [1.54, 1.807) is 17.3 Å². The highest BCUT2D eigenvalue weighted by molar-refractivity contribution is 5.82. The third-order valence-corrected chi connectivity index (χ3v) is 5.12. The number of hydrogen-bond donors (Lipinski definition) is 0. The molecule has 2 aliphatic heterocycles. The van der Waals surface area contributed by atoms with Crippen molar-refractivity contribution in [2.45, 2.75) is 38.1 Å². The summed E-state index contributed by atoms with van der Waals surface area (Å²) in [6.07, 6.45) is 3.78. The van der Waals surface area contributed by atoms with E-state index in [4.69, 9.17) is 14.2 Å². The molecule has 0 N–H and O–H groups in total. The van der Waals surface area contributed by atoms with Gasteiger partial charge in [-0.3, -0.25) is 4.79 Å². The zero-order valence-electron chi connectivity index (χ0n) is 16.9. The minimum atomic E-state index is -0.669. The fraction of sp³-hybridized carbons (Fsp3) is 0.476. The van der Waals surface area contributed by atoms with Crippen molar-refractivity contribution >= 4 is 11.7 Å². The molecule has 3 atom stereocenters. The number of carbonyl (C=O) groups is 1. The summed E-state index contributed by atoms with van der Waals surface area (Å²) in [5.74, 6) is 2.35. The van der Waals surface area contributed by atoms with Crippen molar-refractivity contribution in [3.8, 4) is 17.4 Å². The minimum Gasteiger partial charge on any atom is -0.482 e. The lowest BCUT2D eigenvalue weighted by Gasteiger charge is -2.38. The van der Waals surface area contributed by atoms with Crippen LogP contribution in [0.5, 0.6) is 17.4 Å². The predicted octanol–water partition coefficient (Wildman–Crippen LogP) is 2.14. The van der Waals surface area contributed by atoms with E-state index in [2.05, 4.69) is 9.97 Å². The van der Waals surface area contributed by atoms with Crippen LogP contribution in [0.25, 0.3) is 0 Å². The second-order valence-corrected chi connectivity index (χ2v) is 7.55. The first-order valence-corrected chi connectivity index (χ1v) is 9.89. The molecule has 3 unspecified atom stereocenters. The average molecular weight is 398 g/mol. The molecular weight excluding hydrogens is 372 g/mol. The van der Waals surface area contributed by atoms with Crippen LogP contribution in [0, 0.1) is 0 Å². The van der Waals surface area contributed by atoms with Crippen molar-refractivity contribution in [2.24, 2.45) is 0 Å². The molecule has 2 aromatic rings. The summed E-state index contributed by atoms with van der Waals surface area (Å²) in [6.45, 7) is 3.02. The molecule has 0 aliphatic carbocycles. The van der Waals surface area contributed by atoms with E-state index in [0.717, 1.165) is 12.8 Å². The maximum absolute atomic E-state index is 13.2. The number of likely N-dealkylation sites (tertiary alicyclic amines) is 1. The Morgan fingerprint density at radius 3 is 2.66 bits per heavy atom. The molecule has 1 amide bonds. The largest absolute Gasteiger partial charge is 0.482 e. The van der Waals surface area contributed by atoms with Crippen molar-refractivity contribution in [1.82, 2.24) is 14.9 Å². The van der Waals surface area contributed by atoms with Crippen LogP contribution in [0.3, 0.4) is 0 Å². The zero-order chi connectivity index (χ0) is 20.4. The molecule has 4 rings (SSSR count). The number of benzene rings is 1. The number of aromatic nitrogens is 2. The molecule has 8 nitrogen and oxygen atoms in total. The Kier molecular flexibility index (Phi) is 5.42. The number of piperidine rings is 1. The summed E-state index contributed by atoms with van der Waals surface area (Å²) < 4.78 is 18.0. The topological polar surface area (TPSA) is 77.0 Å². The van der Waals surface area contributed by atoms with Gasteiger partial charge in [0.05, 0.1) is 6.54 Å². The van der Waals surface area contributed by atoms with Gasteiger partial charge < -0.3 is 24.0 Å². The van der Waals surface area contributed by atoms with Crippen molar-refractivity contribution in [3.63, 3.8) is 0 Å². The maximum atomic E-state index is 13.2. The van der Waals surface area contributed by atoms with Crippen LogP contribution in [-0.2, 0) is 4.79 Å². The number of nitrogens with zero attached hydrogens (tertiary/aromatic N) is 4. The van der Waals surface area contributed by atoms with Crippen molar-refractivity contribution in [2.75, 3.05) is 32.1 Å². The fourth-order valence-electron chi connectivity index (χ4n) is 3.67. The van der Waals surface area contributed by atoms with E-state index < -0.39 is 6.10 Å². The van der Waals surface area contributed by atoms with Crippen molar-refractivity contribution < 1.29 is 19.0 Å². The van der Waals surface area contributed by atoms with Gasteiger partial charge in [0.25, 0.3) is 11.8 Å². The molecule has 1 fully saturated rings. The van der Waals surface area contributed by atoms with Gasteiger partial charge in [-0.2, -0.15) is 0 Å². The summed E-state index contributed by atoms with van der Waals surface area (Å²) in [5, 5.41) is 0. The first-order chi connectivity index (χ1) is 14.0. The summed E-state index contributed by atoms with van der Waals surface area (Å²) in [6, 6.07) is 7.42. The highest BCUT2D eigenvalue weighted by atomic mass is 16.6. The molecule has 0 radical (unpaired) electrons. The fourth-order valence-corrected chi connectivity index (χ4v) is 3.67. The molecule has 0 saturated carbocycles. The Bertz CT molecular complexity index is 875. The van der Waals surface area contributed by atoms with E-state index in [9.17, 15) is 4.79 Å². The summed E-state index contributed by atoms with van der Waals surface area (Å²) in [4.78, 5) is 25.5. The summed E-state index contributed by atoms with van der Waals surface area (Å²) >= 11 is 0. The predicted molar refractivity (Wildman–Crippen MR) is 108 cm³/mol. The van der Waals surface area contributed by atoms with Crippen LogP contribution in [-0.4, -0.2) is 66.3 Å². The number of rotatable bonds is 4. The zero-order valence-corrected chi connectivity index (χ0v) is 16.9. The van der Waals surface area contributed by atoms with Crippen LogP contribution >= 0.6 is 0 Å². The van der Waals surface area contributed by atoms with E-state index in [-0.39, 0.29) is 18.1 Å². The highest BCUT2D eigenvalue weighted by Gasteiger charge is 2.38. The Hall–Kier alpha value is -3.03. The molecule has 154 valence electrons. The normalized spacial score (nSPS) is 23.4. The van der Waals surface area contributed by atoms with E-state index >= 15 is 0 Å². The van der Waals surface area contributed by atoms with Gasteiger partial charge in [0.2, 0.25) is 6.10 Å². The average Bonchev–Trinajstić information content (AvgIpc) is 2.73. The van der Waals surface area contributed by atoms with Gasteiger partial charge in [-0.15, -0.1) is 0 Å². The molecular formula is C21H26N4O4. The smallest absolute Gasteiger partial charge is 0.267 e. The molecule has 0 spiro atoms. The maximum Gasteiger partial charge on any atom is 0.267 e. The van der Waals surface area contributed by atoms with E-state index in [0.29, 0.717) is 36.3 Å². The van der Waals surface area contributed by atoms with E-state index in [1.165, 1.54) is 0 Å². The molecule has 0 bridgehead atoms. The Balaban J connectivity index is 1.44. The molecule has 29 heavy (non-hydrogen) atoms. The van der Waals surface area contributed by atoms with Gasteiger partial charge in [0.1, 0.15) is 12.2 Å². The van der Waals surface area contributed by atoms with Crippen molar-refractivity contribution in [1.29, 1.82) is 0 Å². The Labute approximate surface area is 170 Å². The SMILES string of the molecule is CC1Oc2ccccc2OC1C(=O)N1CCCC(Oc2nccnc2N(C)C)C1. The molecule has 1 aromatic carbocycles. The number of hydrogen-bond acceptors (Lipinski definition) is 7. The quantitative estimate of drug-likeness (QED) is 0.781. The van der Waals surface area contributed by atoms with Crippen LogP contribution in [0.2, 0.25) is 0 Å². The number of para-hydroxylation sites is 2. The van der Waals surface area contributed by atoms with Gasteiger partial charge in [-0.1, -0.05) is 12.1 Å². The number of amides is 1. The second-order valence-electron chi connectivity index (χ2n) is 7.55. The first-order valence-electron chi connectivity index (χ1n) is 9.89. The van der Waals surface area contributed by atoms with E-state index in [1.807, 2.05) is 50.2 Å². The minimum absolute atomic E-state index is 0.0766. The molecule has 2 aliphatic rings. The van der Waals surface area contributed by atoms with Crippen molar-refractivity contribution in [3.05, 3.63) is 36.7 Å². The standard InChI is InChI=1S/C21H26N4O4/c1-14-18(29-17-9-5-4-8-16(17)27-14)21(26)25-12-6-7-15(13-25)28-20-19(24(2)3)22-10-11-23-20/h4-5,8-11,14-15,18H,6-7,12-13H2,1-3H3. The summed E-state index contributed by atoms with van der Waals surface area (Å²) in [5.41, 5.74) is 0. The monoisotopic (exact) mass is 398 g/mol. The lowest BCUT2D eigenvalue weighted by atomic mass is 10.1. The third kappa shape index (κ3) is 4.06. The molecule has 1 aromatic heterocycles. The second kappa shape index (κ2) is 8.14. The Morgan fingerprint density at radius 1 is 1.17 bits per heavy atom. The number of anilines is 1. The van der Waals surface area contributed by atoms with Crippen LogP contribution < -0.4 is 19.1 Å². The van der Waals surface area contributed by atoms with Gasteiger partial charge in [-0.25, -0.2) is 9.97 Å². The lowest BCUT2D eigenvalue weighted by molar-refractivity contribution is -0.147. The van der Waals surface area contributed by atoms with Crippen LogP contribution in [0.15, 0.2) is 36.7 Å². The molecule has 8 heteroatoms. The number of fused-ring (bicyclic) bond motifs is 1. The Morgan fingerprint density at radius 2 is 1.90 bits per heavy atom. The molecule has 3 heterocycles. The first kappa shape index (κ1) is 19.3. The van der Waals surface area contributed by atoms with Gasteiger partial charge in [0, 0.05) is 33.0 Å². The van der Waals surface area contributed by atoms with Gasteiger partial charge in [0.15, 0.2) is 17.3 Å².